The fourth-order valence-electron chi connectivity index (χ4n) is 3.55. The van der Waals surface area contributed by atoms with E-state index in [1.54, 1.807) is 50.2 Å². The molecule has 0 aromatic heterocycles. The van der Waals surface area contributed by atoms with Crippen molar-refractivity contribution in [3.63, 3.8) is 0 Å². The first-order valence-corrected chi connectivity index (χ1v) is 10.2. The van der Waals surface area contributed by atoms with Crippen molar-refractivity contribution in [1.82, 2.24) is 0 Å². The second-order valence-electron chi connectivity index (χ2n) is 6.85. The summed E-state index contributed by atoms with van der Waals surface area (Å²) in [6.07, 6.45) is 0. The molecule has 1 aliphatic heterocycles. The highest BCUT2D eigenvalue weighted by Crippen LogP contribution is 2.41. The first-order chi connectivity index (χ1) is 13.7. The van der Waals surface area contributed by atoms with Crippen LogP contribution in [-0.2, 0) is 14.8 Å². The number of nitrogens with zero attached hydrogens (tertiary/aromatic N) is 2. The maximum absolute atomic E-state index is 13.0. The smallest absolute Gasteiger partial charge is 0.293 e. The monoisotopic (exact) mass is 411 g/mol. The average Bonchev–Trinajstić information content (AvgIpc) is 2.89. The first-order valence-electron chi connectivity index (χ1n) is 8.81. The number of anilines is 2. The second-order valence-corrected chi connectivity index (χ2v) is 8.68. The van der Waals surface area contributed by atoms with Gasteiger partial charge in [0.1, 0.15) is 12.2 Å². The van der Waals surface area contributed by atoms with Gasteiger partial charge in [-0.15, -0.1) is 0 Å². The zero-order valence-corrected chi connectivity index (χ0v) is 16.5. The van der Waals surface area contributed by atoms with Crippen LogP contribution in [0.3, 0.4) is 0 Å². The lowest BCUT2D eigenvalue weighted by molar-refractivity contribution is -0.384. The van der Waals surface area contributed by atoms with Gasteiger partial charge >= 0.3 is 0 Å². The number of carbonyl (C=O) groups excluding carboxylic acids is 1. The van der Waals surface area contributed by atoms with Gasteiger partial charge in [0.25, 0.3) is 15.7 Å². The van der Waals surface area contributed by atoms with Crippen LogP contribution in [0.15, 0.2) is 53.4 Å². The van der Waals surface area contributed by atoms with Gasteiger partial charge < -0.3 is 5.32 Å². The Balaban J connectivity index is 1.70. The third-order valence-corrected chi connectivity index (χ3v) is 6.95. The first kappa shape index (κ1) is 18.9. The molecule has 8 nitrogen and oxygen atoms in total. The van der Waals surface area contributed by atoms with Crippen molar-refractivity contribution in [2.45, 2.75) is 18.7 Å². The van der Waals surface area contributed by atoms with Gasteiger partial charge in [0.15, 0.2) is 0 Å². The van der Waals surface area contributed by atoms with E-state index in [0.29, 0.717) is 16.6 Å². The summed E-state index contributed by atoms with van der Waals surface area (Å²) in [6.45, 7) is 2.96. The van der Waals surface area contributed by atoms with E-state index in [9.17, 15) is 23.3 Å². The SMILES string of the molecule is Cc1ccc([N+](=O)[O-])c(NC(=O)CN2c3cccc4cccc(c34)S2(=O)=O)c1C. The van der Waals surface area contributed by atoms with Crippen molar-refractivity contribution < 1.29 is 18.1 Å². The normalized spacial score (nSPS) is 14.2. The number of amides is 1. The fourth-order valence-corrected chi connectivity index (χ4v) is 5.22. The molecule has 0 saturated heterocycles. The zero-order valence-electron chi connectivity index (χ0n) is 15.7. The van der Waals surface area contributed by atoms with E-state index >= 15 is 0 Å². The van der Waals surface area contributed by atoms with Gasteiger partial charge in [0.05, 0.1) is 15.5 Å². The number of nitrogens with one attached hydrogen (secondary N) is 1. The quantitative estimate of drug-likeness (QED) is 0.522. The maximum Gasteiger partial charge on any atom is 0.293 e. The van der Waals surface area contributed by atoms with Gasteiger partial charge in [0.2, 0.25) is 5.91 Å². The highest BCUT2D eigenvalue weighted by atomic mass is 32.2. The number of nitro benzene ring substituents is 1. The molecule has 1 amide bonds. The van der Waals surface area contributed by atoms with Gasteiger partial charge in [0, 0.05) is 11.5 Å². The van der Waals surface area contributed by atoms with Crippen LogP contribution in [0.25, 0.3) is 10.8 Å². The highest BCUT2D eigenvalue weighted by molar-refractivity contribution is 7.93. The van der Waals surface area contributed by atoms with Gasteiger partial charge in [-0.25, -0.2) is 8.42 Å². The minimum absolute atomic E-state index is 0.0762. The summed E-state index contributed by atoms with van der Waals surface area (Å²) < 4.78 is 27.0. The number of hydrogen-bond acceptors (Lipinski definition) is 5. The van der Waals surface area contributed by atoms with Crippen molar-refractivity contribution in [1.29, 1.82) is 0 Å². The highest BCUT2D eigenvalue weighted by Gasteiger charge is 2.37. The average molecular weight is 411 g/mol. The largest absolute Gasteiger partial charge is 0.319 e. The summed E-state index contributed by atoms with van der Waals surface area (Å²) in [5.41, 5.74) is 1.59. The van der Waals surface area contributed by atoms with Gasteiger partial charge in [-0.05, 0) is 42.5 Å². The molecule has 148 valence electrons. The van der Waals surface area contributed by atoms with Gasteiger partial charge in [-0.1, -0.05) is 30.3 Å². The Kier molecular flexibility index (Phi) is 4.27. The molecule has 29 heavy (non-hydrogen) atoms. The standard InChI is InChI=1S/C20H17N3O5S/c1-12-9-10-16(23(25)26)20(13(12)2)21-18(24)11-22-15-7-3-5-14-6-4-8-17(19(14)15)29(22,27)28/h3-10H,11H2,1-2H3,(H,21,24). The molecule has 0 saturated carbocycles. The zero-order chi connectivity index (χ0) is 20.9. The Morgan fingerprint density at radius 1 is 1.10 bits per heavy atom. The Morgan fingerprint density at radius 3 is 2.48 bits per heavy atom. The van der Waals surface area contributed by atoms with Crippen molar-refractivity contribution in [3.8, 4) is 0 Å². The Morgan fingerprint density at radius 2 is 1.79 bits per heavy atom. The minimum atomic E-state index is -3.89. The topological polar surface area (TPSA) is 110 Å². The van der Waals surface area contributed by atoms with Crippen LogP contribution in [0, 0.1) is 24.0 Å². The van der Waals surface area contributed by atoms with Crippen LogP contribution in [0.1, 0.15) is 11.1 Å². The number of hydrogen-bond donors (Lipinski definition) is 1. The predicted molar refractivity (Wildman–Crippen MR) is 110 cm³/mol. The van der Waals surface area contributed by atoms with Crippen LogP contribution in [0.5, 0.6) is 0 Å². The molecule has 0 atom stereocenters. The molecule has 0 aliphatic carbocycles. The fraction of sp³-hybridized carbons (Fsp3) is 0.150. The molecule has 0 spiro atoms. The minimum Gasteiger partial charge on any atom is -0.319 e. The van der Waals surface area contributed by atoms with E-state index in [1.165, 1.54) is 12.1 Å². The number of benzene rings is 3. The summed E-state index contributed by atoms with van der Waals surface area (Å²) in [5, 5.41) is 15.2. The number of carbonyl (C=O) groups is 1. The van der Waals surface area contributed by atoms with E-state index in [0.717, 1.165) is 15.3 Å². The Hall–Kier alpha value is -3.46. The molecule has 0 fully saturated rings. The lowest BCUT2D eigenvalue weighted by Gasteiger charge is -2.19. The number of sulfonamides is 1. The molecule has 4 rings (SSSR count). The molecule has 1 heterocycles. The molecule has 0 bridgehead atoms. The number of rotatable bonds is 4. The van der Waals surface area contributed by atoms with Crippen molar-refractivity contribution in [3.05, 3.63) is 69.8 Å². The molecular weight excluding hydrogens is 394 g/mol. The molecule has 9 heteroatoms. The van der Waals surface area contributed by atoms with Crippen LogP contribution < -0.4 is 9.62 Å². The van der Waals surface area contributed by atoms with Crippen LogP contribution in [0.2, 0.25) is 0 Å². The molecule has 0 unspecified atom stereocenters. The third kappa shape index (κ3) is 2.90. The molecule has 3 aromatic carbocycles. The Bertz CT molecular complexity index is 1300. The van der Waals surface area contributed by atoms with Crippen LogP contribution in [0.4, 0.5) is 17.1 Å². The number of nitro groups is 1. The summed E-state index contributed by atoms with van der Waals surface area (Å²) in [6, 6.07) is 13.1. The number of aryl methyl sites for hydroxylation is 1. The van der Waals surface area contributed by atoms with Crippen LogP contribution >= 0.6 is 0 Å². The van der Waals surface area contributed by atoms with Crippen molar-refractivity contribution >= 4 is 43.8 Å². The van der Waals surface area contributed by atoms with Crippen LogP contribution in [-0.4, -0.2) is 25.8 Å². The van der Waals surface area contributed by atoms with Crippen molar-refractivity contribution in [2.24, 2.45) is 0 Å². The van der Waals surface area contributed by atoms with E-state index < -0.39 is 27.4 Å². The molecule has 1 aliphatic rings. The predicted octanol–water partition coefficient (Wildman–Crippen LogP) is 3.51. The molecule has 0 radical (unpaired) electrons. The summed E-state index contributed by atoms with van der Waals surface area (Å²) >= 11 is 0. The maximum atomic E-state index is 13.0. The van der Waals surface area contributed by atoms with E-state index in [1.807, 2.05) is 0 Å². The molecule has 1 N–H and O–H groups in total. The van der Waals surface area contributed by atoms with Gasteiger partial charge in [-0.3, -0.25) is 19.2 Å². The lowest BCUT2D eigenvalue weighted by Crippen LogP contribution is -2.35. The second kappa shape index (κ2) is 6.56. The van der Waals surface area contributed by atoms with E-state index in [-0.39, 0.29) is 16.3 Å². The lowest BCUT2D eigenvalue weighted by atomic mass is 10.1. The summed E-state index contributed by atoms with van der Waals surface area (Å²) in [5.74, 6) is -0.657. The summed E-state index contributed by atoms with van der Waals surface area (Å²) in [4.78, 5) is 23.6. The summed E-state index contributed by atoms with van der Waals surface area (Å²) in [7, 11) is -3.89. The molecular formula is C20H17N3O5S. The van der Waals surface area contributed by atoms with Gasteiger partial charge in [-0.2, -0.15) is 0 Å². The molecule has 3 aromatic rings. The third-order valence-electron chi connectivity index (χ3n) is 5.14. The van der Waals surface area contributed by atoms with Crippen molar-refractivity contribution in [2.75, 3.05) is 16.2 Å². The van der Waals surface area contributed by atoms with E-state index in [4.69, 9.17) is 0 Å². The van der Waals surface area contributed by atoms with E-state index in [2.05, 4.69) is 5.32 Å². The Labute approximate surface area is 167 Å².